The minimum absolute atomic E-state index is 0.00991. The van der Waals surface area contributed by atoms with Crippen molar-refractivity contribution in [3.05, 3.63) is 77.9 Å². The van der Waals surface area contributed by atoms with Crippen molar-refractivity contribution < 1.29 is 39.7 Å². The van der Waals surface area contributed by atoms with Gasteiger partial charge in [-0.1, -0.05) is 27.2 Å². The van der Waals surface area contributed by atoms with Crippen LogP contribution in [0, 0.1) is 0 Å². The van der Waals surface area contributed by atoms with Crippen LogP contribution in [0.25, 0.3) is 20.5 Å². The summed E-state index contributed by atoms with van der Waals surface area (Å²) in [6.07, 6.45) is 3.66. The van der Waals surface area contributed by atoms with E-state index < -0.39 is 29.7 Å². The smallest absolute Gasteiger partial charge is 0.534 e. The van der Waals surface area contributed by atoms with E-state index in [1.165, 1.54) is 31.4 Å². The second kappa shape index (κ2) is 13.8. The van der Waals surface area contributed by atoms with Crippen LogP contribution in [-0.4, -0.2) is 59.2 Å². The van der Waals surface area contributed by atoms with E-state index in [1.807, 2.05) is 24.3 Å². The van der Waals surface area contributed by atoms with Crippen LogP contribution in [-0.2, 0) is 10.1 Å². The van der Waals surface area contributed by atoms with Crippen molar-refractivity contribution in [2.24, 2.45) is 0 Å². The SMILES string of the molecule is CC(C)(C)[Si](C)(C)Oc1ccc(-c2sc3cc(OS(=O)(=O)C(F)(F)F)ccc3c2C(=O)c2ccc(OCCN3CCCCC3)cc2)cc1. The van der Waals surface area contributed by atoms with Gasteiger partial charge in [0.25, 0.3) is 0 Å². The summed E-state index contributed by atoms with van der Waals surface area (Å²) in [5.74, 6) is 0.539. The molecular formula is C35H40F3NO6S2Si. The Balaban J connectivity index is 1.46. The Bertz CT molecular complexity index is 1860. The Labute approximate surface area is 284 Å². The van der Waals surface area contributed by atoms with Crippen LogP contribution in [0.2, 0.25) is 18.1 Å². The van der Waals surface area contributed by atoms with E-state index in [0.29, 0.717) is 49.8 Å². The van der Waals surface area contributed by atoms with E-state index in [-0.39, 0.29) is 10.8 Å². The van der Waals surface area contributed by atoms with Gasteiger partial charge >= 0.3 is 15.6 Å². The molecule has 1 saturated heterocycles. The molecule has 0 spiro atoms. The lowest BCUT2D eigenvalue weighted by molar-refractivity contribution is -0.0500. The van der Waals surface area contributed by atoms with Crippen LogP contribution >= 0.6 is 11.3 Å². The number of hydrogen-bond donors (Lipinski definition) is 0. The summed E-state index contributed by atoms with van der Waals surface area (Å²) >= 11 is 1.16. The van der Waals surface area contributed by atoms with Crippen LogP contribution in [0.4, 0.5) is 13.2 Å². The first-order chi connectivity index (χ1) is 22.4. The van der Waals surface area contributed by atoms with Gasteiger partial charge in [0, 0.05) is 32.6 Å². The molecule has 0 unspecified atom stereocenters. The molecule has 0 atom stereocenters. The lowest BCUT2D eigenvalue weighted by atomic mass is 9.97. The van der Waals surface area contributed by atoms with Crippen molar-refractivity contribution in [3.8, 4) is 27.7 Å². The molecule has 258 valence electrons. The van der Waals surface area contributed by atoms with E-state index in [1.54, 1.807) is 24.3 Å². The molecule has 0 bridgehead atoms. The molecule has 1 aromatic heterocycles. The first-order valence-corrected chi connectivity index (χ1v) is 21.0. The standard InChI is InChI=1S/C35H40F3NO6S2Si/c1-34(2,3)48(4,5)45-27-15-11-25(12-16-27)33-31(29-18-17-28(23-30(29)46-33)44-47(41,42)35(36,37)38)32(40)24-9-13-26(14-10-24)43-22-21-39-19-7-6-8-20-39/h9-18,23H,6-8,19-22H2,1-5H3. The van der Waals surface area contributed by atoms with Gasteiger partial charge in [-0.15, -0.1) is 11.3 Å². The van der Waals surface area contributed by atoms with Crippen LogP contribution in [0.1, 0.15) is 56.0 Å². The maximum Gasteiger partial charge on any atom is 0.534 e. The number of thiophene rings is 1. The topological polar surface area (TPSA) is 82.1 Å². The maximum atomic E-state index is 14.1. The lowest BCUT2D eigenvalue weighted by Crippen LogP contribution is -2.43. The zero-order chi connectivity index (χ0) is 34.9. The van der Waals surface area contributed by atoms with Crippen molar-refractivity contribution >= 4 is 45.6 Å². The predicted molar refractivity (Wildman–Crippen MR) is 186 cm³/mol. The van der Waals surface area contributed by atoms with Gasteiger partial charge in [-0.2, -0.15) is 21.6 Å². The summed E-state index contributed by atoms with van der Waals surface area (Å²) in [6.45, 7) is 14.3. The molecular weight excluding hydrogens is 680 g/mol. The number of carbonyl (C=O) groups excluding carboxylic acids is 1. The molecule has 1 aliphatic rings. The Morgan fingerprint density at radius 3 is 2.08 bits per heavy atom. The van der Waals surface area contributed by atoms with E-state index in [4.69, 9.17) is 9.16 Å². The molecule has 0 aliphatic carbocycles. The van der Waals surface area contributed by atoms with Crippen molar-refractivity contribution in [2.75, 3.05) is 26.2 Å². The highest BCUT2D eigenvalue weighted by molar-refractivity contribution is 7.88. The molecule has 13 heteroatoms. The molecule has 0 amide bonds. The molecule has 2 heterocycles. The maximum absolute atomic E-state index is 14.1. The summed E-state index contributed by atoms with van der Waals surface area (Å²) in [6, 6.07) is 18.0. The van der Waals surface area contributed by atoms with E-state index in [9.17, 15) is 26.4 Å². The summed E-state index contributed by atoms with van der Waals surface area (Å²) in [5.41, 5.74) is -4.14. The van der Waals surface area contributed by atoms with Gasteiger partial charge in [-0.05, 0) is 116 Å². The number of fused-ring (bicyclic) bond motifs is 1. The van der Waals surface area contributed by atoms with Crippen molar-refractivity contribution in [2.45, 2.75) is 63.7 Å². The fourth-order valence-corrected chi connectivity index (χ4v) is 7.89. The molecule has 5 rings (SSSR count). The van der Waals surface area contributed by atoms with E-state index in [2.05, 4.69) is 42.9 Å². The third-order valence-electron chi connectivity index (χ3n) is 8.92. The monoisotopic (exact) mass is 719 g/mol. The highest BCUT2D eigenvalue weighted by Gasteiger charge is 2.48. The fraction of sp³-hybridized carbons (Fsp3) is 0.400. The van der Waals surface area contributed by atoms with E-state index in [0.717, 1.165) is 37.0 Å². The fourth-order valence-electron chi connectivity index (χ4n) is 5.18. The normalized spacial score (nSPS) is 15.0. The minimum Gasteiger partial charge on any atom is -0.544 e. The Morgan fingerprint density at radius 2 is 1.48 bits per heavy atom. The van der Waals surface area contributed by atoms with Gasteiger partial charge in [0.1, 0.15) is 23.9 Å². The number of likely N-dealkylation sites (tertiary alicyclic amines) is 1. The summed E-state index contributed by atoms with van der Waals surface area (Å²) in [4.78, 5) is 17.1. The highest BCUT2D eigenvalue weighted by atomic mass is 32.2. The van der Waals surface area contributed by atoms with Gasteiger partial charge in [-0.3, -0.25) is 9.69 Å². The number of carbonyl (C=O) groups is 1. The number of rotatable bonds is 11. The molecule has 1 fully saturated rings. The Kier molecular flexibility index (Phi) is 10.4. The number of halogens is 3. The molecule has 7 nitrogen and oxygen atoms in total. The number of ether oxygens (including phenoxy) is 1. The number of piperidine rings is 1. The quantitative estimate of drug-likeness (QED) is 0.0662. The van der Waals surface area contributed by atoms with Crippen molar-refractivity contribution in [3.63, 3.8) is 0 Å². The van der Waals surface area contributed by atoms with Crippen LogP contribution in [0.3, 0.4) is 0 Å². The number of hydrogen-bond acceptors (Lipinski definition) is 8. The average molecular weight is 720 g/mol. The average Bonchev–Trinajstić information content (AvgIpc) is 3.39. The second-order valence-corrected chi connectivity index (χ2v) is 20.8. The number of nitrogens with zero attached hydrogens (tertiary/aromatic N) is 1. The van der Waals surface area contributed by atoms with Gasteiger partial charge < -0.3 is 13.3 Å². The van der Waals surface area contributed by atoms with Crippen LogP contribution in [0.15, 0.2) is 66.7 Å². The van der Waals surface area contributed by atoms with Gasteiger partial charge in [0.2, 0.25) is 8.32 Å². The van der Waals surface area contributed by atoms with Gasteiger partial charge in [-0.25, -0.2) is 0 Å². The molecule has 0 radical (unpaired) electrons. The first-order valence-electron chi connectivity index (χ1n) is 15.8. The molecule has 4 aromatic rings. The van der Waals surface area contributed by atoms with Crippen LogP contribution < -0.4 is 13.3 Å². The third kappa shape index (κ3) is 8.07. The van der Waals surface area contributed by atoms with Gasteiger partial charge in [0.15, 0.2) is 5.78 Å². The summed E-state index contributed by atoms with van der Waals surface area (Å²) < 4.78 is 79.6. The number of ketones is 1. The lowest BCUT2D eigenvalue weighted by Gasteiger charge is -2.36. The molecule has 1 aliphatic heterocycles. The van der Waals surface area contributed by atoms with Crippen molar-refractivity contribution in [1.29, 1.82) is 0 Å². The molecule has 0 saturated carbocycles. The zero-order valence-electron chi connectivity index (χ0n) is 27.6. The minimum atomic E-state index is -5.87. The molecule has 0 N–H and O–H groups in total. The molecule has 48 heavy (non-hydrogen) atoms. The van der Waals surface area contributed by atoms with E-state index >= 15 is 0 Å². The van der Waals surface area contributed by atoms with Crippen LogP contribution in [0.5, 0.6) is 17.2 Å². The number of benzene rings is 3. The highest BCUT2D eigenvalue weighted by Crippen LogP contribution is 2.43. The van der Waals surface area contributed by atoms with Crippen molar-refractivity contribution in [1.82, 2.24) is 4.90 Å². The van der Waals surface area contributed by atoms with Gasteiger partial charge in [0.05, 0.1) is 0 Å². The largest absolute Gasteiger partial charge is 0.544 e. The Morgan fingerprint density at radius 1 is 0.875 bits per heavy atom. The predicted octanol–water partition coefficient (Wildman–Crippen LogP) is 9.28. The second-order valence-electron chi connectivity index (χ2n) is 13.4. The zero-order valence-corrected chi connectivity index (χ0v) is 30.3. The molecule has 3 aromatic carbocycles. The number of alkyl halides is 3. The third-order valence-corrected chi connectivity index (χ3v) is 15.5. The summed E-state index contributed by atoms with van der Waals surface area (Å²) in [7, 11) is -7.98. The summed E-state index contributed by atoms with van der Waals surface area (Å²) in [5, 5.41) is 0.449. The first kappa shape index (κ1) is 35.9. The Hall–Kier alpha value is -3.39.